The summed E-state index contributed by atoms with van der Waals surface area (Å²) >= 11 is 0. The monoisotopic (exact) mass is 244 g/mol. The predicted octanol–water partition coefficient (Wildman–Crippen LogP) is 1.77. The van der Waals surface area contributed by atoms with Crippen LogP contribution in [0, 0.1) is 6.92 Å². The van der Waals surface area contributed by atoms with Crippen LogP contribution in [0.1, 0.15) is 12.7 Å². The van der Waals surface area contributed by atoms with E-state index in [2.05, 4.69) is 51.8 Å². The highest BCUT2D eigenvalue weighted by atomic mass is 15.2. The predicted molar refractivity (Wildman–Crippen MR) is 75.2 cm³/mol. The van der Waals surface area contributed by atoms with Crippen LogP contribution in [0.3, 0.4) is 0 Å². The third kappa shape index (κ3) is 1.86. The molecule has 0 saturated carbocycles. The fraction of sp³-hybridized carbons (Fsp3) is 0.500. The molecule has 1 N–H and O–H groups in total. The van der Waals surface area contributed by atoms with Crippen molar-refractivity contribution in [3.05, 3.63) is 24.0 Å². The lowest BCUT2D eigenvalue weighted by molar-refractivity contribution is 0.589. The minimum atomic E-state index is 0.981. The third-order valence-corrected chi connectivity index (χ3v) is 3.72. The highest BCUT2D eigenvalue weighted by molar-refractivity contribution is 5.80. The highest BCUT2D eigenvalue weighted by Gasteiger charge is 2.12. The lowest BCUT2D eigenvalue weighted by Crippen LogP contribution is -2.43. The molecule has 4 nitrogen and oxygen atoms in total. The zero-order chi connectivity index (χ0) is 12.5. The van der Waals surface area contributed by atoms with Gasteiger partial charge in [0.25, 0.3) is 0 Å². The van der Waals surface area contributed by atoms with Gasteiger partial charge in [-0.05, 0) is 32.0 Å². The fourth-order valence-electron chi connectivity index (χ4n) is 2.76. The number of hydrogen-bond donors (Lipinski definition) is 1. The number of hydrogen-bond acceptors (Lipinski definition) is 3. The first-order chi connectivity index (χ1) is 8.79. The second-order valence-electron chi connectivity index (χ2n) is 4.81. The van der Waals surface area contributed by atoms with Crippen molar-refractivity contribution in [2.75, 3.05) is 31.1 Å². The molecule has 96 valence electrons. The standard InChI is InChI=1S/C14H20N4/c1-3-18-11(2)16-13-10-12(4-5-14(13)18)17-8-6-15-7-9-17/h4-5,10,15H,3,6-9H2,1-2H3. The van der Waals surface area contributed by atoms with Crippen LogP contribution in [0.25, 0.3) is 11.0 Å². The van der Waals surface area contributed by atoms with Crippen LogP contribution in [0.15, 0.2) is 18.2 Å². The molecule has 2 heterocycles. The molecule has 2 aromatic rings. The SMILES string of the molecule is CCn1c(C)nc2cc(N3CCNCC3)ccc21. The van der Waals surface area contributed by atoms with E-state index in [4.69, 9.17) is 0 Å². The van der Waals surface area contributed by atoms with E-state index in [-0.39, 0.29) is 0 Å². The average Bonchev–Trinajstić information content (AvgIpc) is 2.74. The van der Waals surface area contributed by atoms with Gasteiger partial charge in [-0.2, -0.15) is 0 Å². The summed E-state index contributed by atoms with van der Waals surface area (Å²) in [4.78, 5) is 7.09. The lowest BCUT2D eigenvalue weighted by atomic mass is 10.2. The van der Waals surface area contributed by atoms with Crippen molar-refractivity contribution in [2.45, 2.75) is 20.4 Å². The van der Waals surface area contributed by atoms with Gasteiger partial charge in [0.05, 0.1) is 11.0 Å². The van der Waals surface area contributed by atoms with Crippen molar-refractivity contribution in [2.24, 2.45) is 0 Å². The van der Waals surface area contributed by atoms with Crippen LogP contribution in [-0.2, 0) is 6.54 Å². The number of fused-ring (bicyclic) bond motifs is 1. The van der Waals surface area contributed by atoms with Crippen LogP contribution in [0.5, 0.6) is 0 Å². The van der Waals surface area contributed by atoms with Gasteiger partial charge in [-0.25, -0.2) is 4.98 Å². The second kappa shape index (κ2) is 4.61. The highest BCUT2D eigenvalue weighted by Crippen LogP contribution is 2.23. The van der Waals surface area contributed by atoms with Crippen LogP contribution >= 0.6 is 0 Å². The Morgan fingerprint density at radius 2 is 2.06 bits per heavy atom. The molecule has 18 heavy (non-hydrogen) atoms. The smallest absolute Gasteiger partial charge is 0.106 e. The Morgan fingerprint density at radius 1 is 1.28 bits per heavy atom. The van der Waals surface area contributed by atoms with E-state index in [1.54, 1.807) is 0 Å². The first kappa shape index (κ1) is 11.5. The van der Waals surface area contributed by atoms with Crippen molar-refractivity contribution in [1.82, 2.24) is 14.9 Å². The molecule has 0 radical (unpaired) electrons. The van der Waals surface area contributed by atoms with E-state index >= 15 is 0 Å². The maximum atomic E-state index is 4.66. The zero-order valence-corrected chi connectivity index (χ0v) is 11.1. The van der Waals surface area contributed by atoms with Gasteiger partial charge in [-0.1, -0.05) is 0 Å². The van der Waals surface area contributed by atoms with Gasteiger partial charge in [0.15, 0.2) is 0 Å². The van der Waals surface area contributed by atoms with E-state index in [0.29, 0.717) is 0 Å². The summed E-state index contributed by atoms with van der Waals surface area (Å²) in [6.07, 6.45) is 0. The van der Waals surface area contributed by atoms with Gasteiger partial charge < -0.3 is 14.8 Å². The first-order valence-corrected chi connectivity index (χ1v) is 6.72. The largest absolute Gasteiger partial charge is 0.369 e. The summed E-state index contributed by atoms with van der Waals surface area (Å²) in [5.41, 5.74) is 3.66. The molecule has 1 fully saturated rings. The van der Waals surface area contributed by atoms with Crippen molar-refractivity contribution in [3.63, 3.8) is 0 Å². The van der Waals surface area contributed by atoms with Crippen molar-refractivity contribution in [1.29, 1.82) is 0 Å². The number of nitrogens with one attached hydrogen (secondary N) is 1. The van der Waals surface area contributed by atoms with Gasteiger partial charge in [-0.15, -0.1) is 0 Å². The maximum absolute atomic E-state index is 4.66. The Kier molecular flexibility index (Phi) is 2.96. The maximum Gasteiger partial charge on any atom is 0.106 e. The topological polar surface area (TPSA) is 33.1 Å². The van der Waals surface area contributed by atoms with E-state index in [1.807, 2.05) is 0 Å². The first-order valence-electron chi connectivity index (χ1n) is 6.72. The summed E-state index contributed by atoms with van der Waals surface area (Å²) in [6, 6.07) is 6.65. The van der Waals surface area contributed by atoms with Crippen LogP contribution in [0.4, 0.5) is 5.69 Å². The minimum absolute atomic E-state index is 0.981. The van der Waals surface area contributed by atoms with Gasteiger partial charge in [-0.3, -0.25) is 0 Å². The van der Waals surface area contributed by atoms with Gasteiger partial charge >= 0.3 is 0 Å². The molecule has 1 aromatic heterocycles. The molecule has 0 atom stereocenters. The van der Waals surface area contributed by atoms with Crippen molar-refractivity contribution in [3.8, 4) is 0 Å². The van der Waals surface area contributed by atoms with Crippen molar-refractivity contribution >= 4 is 16.7 Å². The van der Waals surface area contributed by atoms with E-state index in [1.165, 1.54) is 11.2 Å². The molecular formula is C14H20N4. The Labute approximate surface area is 108 Å². The number of piperazine rings is 1. The van der Waals surface area contributed by atoms with Crippen LogP contribution < -0.4 is 10.2 Å². The normalized spacial score (nSPS) is 16.4. The Bertz CT molecular complexity index is 552. The van der Waals surface area contributed by atoms with E-state index < -0.39 is 0 Å². The summed E-state index contributed by atoms with van der Waals surface area (Å²) in [5, 5.41) is 3.38. The Balaban J connectivity index is 2.00. The summed E-state index contributed by atoms with van der Waals surface area (Å²) < 4.78 is 2.26. The van der Waals surface area contributed by atoms with E-state index in [0.717, 1.165) is 44.1 Å². The molecule has 1 aliphatic rings. The molecule has 0 amide bonds. The van der Waals surface area contributed by atoms with Crippen molar-refractivity contribution < 1.29 is 0 Å². The quantitative estimate of drug-likeness (QED) is 0.874. The number of aromatic nitrogens is 2. The molecule has 3 rings (SSSR count). The summed E-state index contributed by atoms with van der Waals surface area (Å²) in [6.45, 7) is 9.53. The van der Waals surface area contributed by atoms with Gasteiger partial charge in [0, 0.05) is 38.4 Å². The van der Waals surface area contributed by atoms with Gasteiger partial charge in [0.2, 0.25) is 0 Å². The Hall–Kier alpha value is -1.55. The van der Waals surface area contributed by atoms with Crippen LogP contribution in [0.2, 0.25) is 0 Å². The molecular weight excluding hydrogens is 224 g/mol. The van der Waals surface area contributed by atoms with Gasteiger partial charge in [0.1, 0.15) is 5.82 Å². The number of nitrogens with zero attached hydrogens (tertiary/aromatic N) is 3. The second-order valence-corrected chi connectivity index (χ2v) is 4.81. The molecule has 0 unspecified atom stereocenters. The summed E-state index contributed by atoms with van der Waals surface area (Å²) in [5.74, 6) is 1.10. The lowest BCUT2D eigenvalue weighted by Gasteiger charge is -2.29. The molecule has 1 aliphatic heterocycles. The molecule has 0 aliphatic carbocycles. The Morgan fingerprint density at radius 3 is 2.78 bits per heavy atom. The van der Waals surface area contributed by atoms with E-state index in [9.17, 15) is 0 Å². The molecule has 4 heteroatoms. The molecule has 0 spiro atoms. The molecule has 0 bridgehead atoms. The number of aryl methyl sites for hydroxylation is 2. The molecule has 1 aromatic carbocycles. The van der Waals surface area contributed by atoms with Crippen LogP contribution in [-0.4, -0.2) is 35.7 Å². The molecule has 1 saturated heterocycles. The number of imidazole rings is 1. The third-order valence-electron chi connectivity index (χ3n) is 3.72. The summed E-state index contributed by atoms with van der Waals surface area (Å²) in [7, 11) is 0. The fourth-order valence-corrected chi connectivity index (χ4v) is 2.76. The average molecular weight is 244 g/mol. The number of rotatable bonds is 2. The zero-order valence-electron chi connectivity index (χ0n) is 11.1. The number of anilines is 1. The minimum Gasteiger partial charge on any atom is -0.369 e. The number of benzene rings is 1.